The summed E-state index contributed by atoms with van der Waals surface area (Å²) in [5.41, 5.74) is 0. The largest absolute Gasteiger partial charge is 0.396 e. The van der Waals surface area contributed by atoms with Crippen LogP contribution in [0, 0.1) is 5.92 Å². The number of fused-ring (bicyclic) bond motifs is 2. The maximum atomic E-state index is 8.81. The van der Waals surface area contributed by atoms with E-state index in [4.69, 9.17) is 9.84 Å². The molecule has 0 unspecified atom stereocenters. The van der Waals surface area contributed by atoms with E-state index < -0.39 is 0 Å². The predicted molar refractivity (Wildman–Crippen MR) is 33.1 cm³/mol. The fourth-order valence-electron chi connectivity index (χ4n) is 1.94. The van der Waals surface area contributed by atoms with Gasteiger partial charge in [-0.3, -0.25) is 0 Å². The first-order valence-corrected chi connectivity index (χ1v) is 3.66. The molecule has 52 valence electrons. The molecule has 2 fully saturated rings. The van der Waals surface area contributed by atoms with Gasteiger partial charge in [0.05, 0.1) is 12.2 Å². The molecule has 0 saturated carbocycles. The summed E-state index contributed by atoms with van der Waals surface area (Å²) in [6.07, 6.45) is 4.39. The highest BCUT2D eigenvalue weighted by Crippen LogP contribution is 2.38. The Labute approximate surface area is 54.8 Å². The lowest BCUT2D eigenvalue weighted by molar-refractivity contribution is 0.0795. The van der Waals surface area contributed by atoms with Gasteiger partial charge in [0.2, 0.25) is 0 Å². The molecular weight excluding hydrogens is 116 g/mol. The summed E-state index contributed by atoms with van der Waals surface area (Å²) in [6.45, 7) is 0.321. The average molecular weight is 128 g/mol. The smallest absolute Gasteiger partial charge is 0.0630 e. The quantitative estimate of drug-likeness (QED) is 0.558. The second-order valence-corrected chi connectivity index (χ2v) is 3.05. The summed E-state index contributed by atoms with van der Waals surface area (Å²) < 4.78 is 5.52. The Kier molecular flexibility index (Phi) is 1.24. The Morgan fingerprint density at radius 1 is 1.44 bits per heavy atom. The number of ether oxygens (including phenoxy) is 1. The highest BCUT2D eigenvalue weighted by atomic mass is 16.5. The summed E-state index contributed by atoms with van der Waals surface area (Å²) in [5, 5.41) is 8.81. The van der Waals surface area contributed by atoms with Gasteiger partial charge >= 0.3 is 0 Å². The fraction of sp³-hybridized carbons (Fsp3) is 1.00. The van der Waals surface area contributed by atoms with Crippen molar-refractivity contribution >= 4 is 0 Å². The molecule has 0 aromatic carbocycles. The van der Waals surface area contributed by atoms with E-state index >= 15 is 0 Å². The maximum Gasteiger partial charge on any atom is 0.0630 e. The van der Waals surface area contributed by atoms with E-state index in [1.165, 1.54) is 12.8 Å². The fourth-order valence-corrected chi connectivity index (χ4v) is 1.94. The number of rotatable bonds is 1. The Bertz CT molecular complexity index is 113. The highest BCUT2D eigenvalue weighted by molar-refractivity contribution is 4.88. The van der Waals surface area contributed by atoms with Crippen LogP contribution in [-0.2, 0) is 4.74 Å². The van der Waals surface area contributed by atoms with E-state index in [1.54, 1.807) is 0 Å². The SMILES string of the molecule is OC[C@H]1C[C@@H]2CC[C@@H]1O2. The monoisotopic (exact) mass is 128 g/mol. The molecule has 0 aromatic rings. The molecule has 0 aromatic heterocycles. The van der Waals surface area contributed by atoms with Crippen LogP contribution in [0.4, 0.5) is 0 Å². The van der Waals surface area contributed by atoms with Crippen molar-refractivity contribution in [2.45, 2.75) is 31.5 Å². The van der Waals surface area contributed by atoms with Crippen molar-refractivity contribution in [2.75, 3.05) is 6.61 Å². The van der Waals surface area contributed by atoms with Gasteiger partial charge in [-0.2, -0.15) is 0 Å². The second-order valence-electron chi connectivity index (χ2n) is 3.05. The topological polar surface area (TPSA) is 29.5 Å². The van der Waals surface area contributed by atoms with Gasteiger partial charge in [-0.15, -0.1) is 0 Å². The van der Waals surface area contributed by atoms with Crippen LogP contribution >= 0.6 is 0 Å². The zero-order valence-electron chi connectivity index (χ0n) is 5.42. The zero-order chi connectivity index (χ0) is 6.27. The van der Waals surface area contributed by atoms with Crippen LogP contribution in [0.25, 0.3) is 0 Å². The molecule has 2 bridgehead atoms. The summed E-state index contributed by atoms with van der Waals surface area (Å²) in [7, 11) is 0. The standard InChI is InChI=1S/C7H12O2/c8-4-5-3-6-1-2-7(5)9-6/h5-8H,1-4H2/t5-,6+,7+/m1/s1. The van der Waals surface area contributed by atoms with Crippen molar-refractivity contribution in [1.29, 1.82) is 0 Å². The second kappa shape index (κ2) is 1.96. The molecule has 0 radical (unpaired) electrons. The third kappa shape index (κ3) is 0.775. The van der Waals surface area contributed by atoms with Gasteiger partial charge in [0.15, 0.2) is 0 Å². The predicted octanol–water partition coefficient (Wildman–Crippen LogP) is 0.546. The number of aliphatic hydroxyl groups is 1. The molecule has 2 heterocycles. The van der Waals surface area contributed by atoms with Gasteiger partial charge in [0.1, 0.15) is 0 Å². The molecule has 3 atom stereocenters. The lowest BCUT2D eigenvalue weighted by atomic mass is 9.90. The van der Waals surface area contributed by atoms with E-state index in [0.717, 1.165) is 6.42 Å². The van der Waals surface area contributed by atoms with Gasteiger partial charge in [-0.25, -0.2) is 0 Å². The maximum absolute atomic E-state index is 8.81. The molecule has 0 aliphatic carbocycles. The van der Waals surface area contributed by atoms with Crippen molar-refractivity contribution in [3.05, 3.63) is 0 Å². The Balaban J connectivity index is 2.01. The van der Waals surface area contributed by atoms with Crippen LogP contribution in [0.15, 0.2) is 0 Å². The lowest BCUT2D eigenvalue weighted by Gasteiger charge is -2.14. The number of hydrogen-bond acceptors (Lipinski definition) is 2. The molecule has 2 aliphatic heterocycles. The summed E-state index contributed by atoms with van der Waals surface area (Å²) in [4.78, 5) is 0. The first kappa shape index (κ1) is 5.69. The molecule has 2 aliphatic rings. The Hall–Kier alpha value is -0.0800. The molecule has 9 heavy (non-hydrogen) atoms. The molecule has 2 saturated heterocycles. The molecule has 0 spiro atoms. The minimum atomic E-state index is 0.321. The van der Waals surface area contributed by atoms with Gasteiger partial charge < -0.3 is 9.84 Å². The van der Waals surface area contributed by atoms with Gasteiger partial charge in [0, 0.05) is 12.5 Å². The van der Waals surface area contributed by atoms with Crippen LogP contribution in [-0.4, -0.2) is 23.9 Å². The zero-order valence-corrected chi connectivity index (χ0v) is 5.42. The molecule has 2 rings (SSSR count). The van der Waals surface area contributed by atoms with Gasteiger partial charge in [-0.05, 0) is 19.3 Å². The van der Waals surface area contributed by atoms with Crippen LogP contribution in [0.1, 0.15) is 19.3 Å². The lowest BCUT2D eigenvalue weighted by Crippen LogP contribution is -2.19. The van der Waals surface area contributed by atoms with E-state index in [9.17, 15) is 0 Å². The summed E-state index contributed by atoms with van der Waals surface area (Å²) in [6, 6.07) is 0. The van der Waals surface area contributed by atoms with Crippen molar-refractivity contribution < 1.29 is 9.84 Å². The van der Waals surface area contributed by atoms with Gasteiger partial charge in [0.25, 0.3) is 0 Å². The van der Waals surface area contributed by atoms with E-state index in [1.807, 2.05) is 0 Å². The normalized spacial score (nSPS) is 48.3. The summed E-state index contributed by atoms with van der Waals surface area (Å²) in [5.74, 6) is 0.462. The minimum Gasteiger partial charge on any atom is -0.396 e. The third-order valence-corrected chi connectivity index (χ3v) is 2.47. The van der Waals surface area contributed by atoms with E-state index in [0.29, 0.717) is 24.7 Å². The molecule has 2 nitrogen and oxygen atoms in total. The highest BCUT2D eigenvalue weighted by Gasteiger charge is 2.39. The number of aliphatic hydroxyl groups excluding tert-OH is 1. The third-order valence-electron chi connectivity index (χ3n) is 2.47. The molecule has 0 amide bonds. The summed E-state index contributed by atoms with van der Waals surface area (Å²) >= 11 is 0. The molecule has 1 N–H and O–H groups in total. The van der Waals surface area contributed by atoms with Crippen molar-refractivity contribution in [2.24, 2.45) is 5.92 Å². The van der Waals surface area contributed by atoms with Crippen molar-refractivity contribution in [3.8, 4) is 0 Å². The van der Waals surface area contributed by atoms with Gasteiger partial charge in [-0.1, -0.05) is 0 Å². The van der Waals surface area contributed by atoms with E-state index in [-0.39, 0.29) is 0 Å². The Morgan fingerprint density at radius 2 is 2.33 bits per heavy atom. The first-order chi connectivity index (χ1) is 4.40. The molecule has 2 heteroatoms. The minimum absolute atomic E-state index is 0.321. The van der Waals surface area contributed by atoms with Crippen LogP contribution in [0.5, 0.6) is 0 Å². The van der Waals surface area contributed by atoms with Crippen molar-refractivity contribution in [1.82, 2.24) is 0 Å². The first-order valence-electron chi connectivity index (χ1n) is 3.66. The Morgan fingerprint density at radius 3 is 2.67 bits per heavy atom. The van der Waals surface area contributed by atoms with E-state index in [2.05, 4.69) is 0 Å². The van der Waals surface area contributed by atoms with Crippen LogP contribution in [0.2, 0.25) is 0 Å². The average Bonchev–Trinajstić information content (AvgIpc) is 2.45. The number of hydrogen-bond donors (Lipinski definition) is 1. The van der Waals surface area contributed by atoms with Crippen LogP contribution in [0.3, 0.4) is 0 Å². The van der Waals surface area contributed by atoms with Crippen molar-refractivity contribution in [3.63, 3.8) is 0 Å². The van der Waals surface area contributed by atoms with Crippen LogP contribution < -0.4 is 0 Å². The molecular formula is C7H12O2.